The predicted octanol–water partition coefficient (Wildman–Crippen LogP) is 15.1. The molecule has 1 aliphatic carbocycles. The number of anilines is 6. The fourth-order valence-electron chi connectivity index (χ4n) is 9.01. The van der Waals surface area contributed by atoms with E-state index in [9.17, 15) is 0 Å². The van der Waals surface area contributed by atoms with Crippen LogP contribution in [0.2, 0.25) is 0 Å². The van der Waals surface area contributed by atoms with Gasteiger partial charge in [-0.15, -0.1) is 0 Å². The molecule has 0 aromatic heterocycles. The van der Waals surface area contributed by atoms with Gasteiger partial charge in [0.1, 0.15) is 0 Å². The second kappa shape index (κ2) is 13.8. The van der Waals surface area contributed by atoms with Crippen LogP contribution in [0.3, 0.4) is 0 Å². The number of benzene rings is 8. The molecule has 0 heterocycles. The molecule has 2 nitrogen and oxygen atoms in total. The van der Waals surface area contributed by atoms with Crippen LogP contribution in [0, 0.1) is 0 Å². The van der Waals surface area contributed by atoms with Crippen molar-refractivity contribution in [1.29, 1.82) is 0 Å². The van der Waals surface area contributed by atoms with Crippen molar-refractivity contribution >= 4 is 44.9 Å². The van der Waals surface area contributed by atoms with Crippen LogP contribution in [0.15, 0.2) is 194 Å². The average molecular weight is 711 g/mol. The maximum atomic E-state index is 2.43. The minimum Gasteiger partial charge on any atom is -0.311 e. The standard InChI is InChI=1S/C53H46N2/c1-52(2)37-53(3,4)50-36-42(28-35-49(50)52)40-26-31-46(32-27-40)54(43-16-7-5-8-17-43)45-29-22-38(23-30-45)39-24-33-47(34-25-39)55(44-18-9-6-10-19-44)51-21-13-15-41-14-11-12-20-48(41)51/h5-36H,37H2,1-4H3. The van der Waals surface area contributed by atoms with Gasteiger partial charge in [-0.25, -0.2) is 0 Å². The SMILES string of the molecule is CC1(C)CC(C)(C)c2cc(-c3ccc(N(c4ccccc4)c4ccc(-c5ccc(N(c6ccccc6)c6cccc7ccccc67)cc5)cc4)cc3)ccc21. The summed E-state index contributed by atoms with van der Waals surface area (Å²) in [6.07, 6.45) is 1.17. The van der Waals surface area contributed by atoms with Gasteiger partial charge in [0.2, 0.25) is 0 Å². The number of nitrogens with zero attached hydrogens (tertiary/aromatic N) is 2. The molecule has 0 atom stereocenters. The number of para-hydroxylation sites is 2. The monoisotopic (exact) mass is 710 g/mol. The minimum atomic E-state index is 0.174. The van der Waals surface area contributed by atoms with Crippen molar-refractivity contribution in [2.45, 2.75) is 44.9 Å². The topological polar surface area (TPSA) is 6.48 Å². The van der Waals surface area contributed by atoms with Crippen molar-refractivity contribution in [2.24, 2.45) is 0 Å². The van der Waals surface area contributed by atoms with E-state index in [-0.39, 0.29) is 10.8 Å². The molecule has 0 fully saturated rings. The van der Waals surface area contributed by atoms with Gasteiger partial charge < -0.3 is 9.80 Å². The molecule has 0 radical (unpaired) electrons. The smallest absolute Gasteiger partial charge is 0.0540 e. The number of fused-ring (bicyclic) bond motifs is 2. The number of hydrogen-bond donors (Lipinski definition) is 0. The molecule has 1 aliphatic rings. The number of hydrogen-bond acceptors (Lipinski definition) is 2. The predicted molar refractivity (Wildman–Crippen MR) is 235 cm³/mol. The van der Waals surface area contributed by atoms with Gasteiger partial charge in [-0.2, -0.15) is 0 Å². The molecule has 0 amide bonds. The molecule has 0 N–H and O–H groups in total. The van der Waals surface area contributed by atoms with Crippen LogP contribution in [0.1, 0.15) is 45.2 Å². The molecule has 8 aromatic carbocycles. The summed E-state index contributed by atoms with van der Waals surface area (Å²) < 4.78 is 0. The Morgan fingerprint density at radius 3 is 1.35 bits per heavy atom. The van der Waals surface area contributed by atoms with E-state index in [1.54, 1.807) is 0 Å². The van der Waals surface area contributed by atoms with E-state index in [4.69, 9.17) is 0 Å². The van der Waals surface area contributed by atoms with Crippen LogP contribution in [0.5, 0.6) is 0 Å². The maximum absolute atomic E-state index is 2.43. The van der Waals surface area contributed by atoms with Crippen LogP contribution >= 0.6 is 0 Å². The third kappa shape index (κ3) is 6.49. The van der Waals surface area contributed by atoms with Gasteiger partial charge in [0.05, 0.1) is 5.69 Å². The highest BCUT2D eigenvalue weighted by molar-refractivity contribution is 5.99. The van der Waals surface area contributed by atoms with E-state index in [0.29, 0.717) is 0 Å². The van der Waals surface area contributed by atoms with Crippen molar-refractivity contribution in [3.63, 3.8) is 0 Å². The fourth-order valence-corrected chi connectivity index (χ4v) is 9.01. The molecule has 9 rings (SSSR count). The molecule has 0 bridgehead atoms. The van der Waals surface area contributed by atoms with Crippen LogP contribution in [0.25, 0.3) is 33.0 Å². The Kier molecular flexibility index (Phi) is 8.63. The van der Waals surface area contributed by atoms with Crippen molar-refractivity contribution in [1.82, 2.24) is 0 Å². The van der Waals surface area contributed by atoms with Gasteiger partial charge in [0.25, 0.3) is 0 Å². The summed E-state index contributed by atoms with van der Waals surface area (Å²) in [7, 11) is 0. The Labute approximate surface area is 326 Å². The zero-order valence-electron chi connectivity index (χ0n) is 32.1. The van der Waals surface area contributed by atoms with Gasteiger partial charge in [-0.1, -0.05) is 155 Å². The summed E-state index contributed by atoms with van der Waals surface area (Å²) in [6, 6.07) is 70.5. The first-order valence-corrected chi connectivity index (χ1v) is 19.4. The van der Waals surface area contributed by atoms with Crippen molar-refractivity contribution in [3.05, 3.63) is 205 Å². The molecule has 0 spiro atoms. The third-order valence-corrected chi connectivity index (χ3v) is 11.4. The molecule has 2 heteroatoms. The van der Waals surface area contributed by atoms with E-state index < -0.39 is 0 Å². The van der Waals surface area contributed by atoms with E-state index in [1.807, 2.05) is 0 Å². The number of rotatable bonds is 8. The molecular formula is C53H46N2. The van der Waals surface area contributed by atoms with Crippen LogP contribution in [-0.2, 0) is 10.8 Å². The lowest BCUT2D eigenvalue weighted by Crippen LogP contribution is -2.17. The highest BCUT2D eigenvalue weighted by Gasteiger charge is 2.41. The third-order valence-electron chi connectivity index (χ3n) is 11.4. The Hall–Kier alpha value is -6.38. The molecule has 0 unspecified atom stereocenters. The summed E-state index contributed by atoms with van der Waals surface area (Å²) in [5, 5.41) is 2.45. The van der Waals surface area contributed by atoms with Gasteiger partial charge in [-0.3, -0.25) is 0 Å². The van der Waals surface area contributed by atoms with E-state index in [0.717, 1.165) is 34.1 Å². The Morgan fingerprint density at radius 2 is 0.764 bits per heavy atom. The Balaban J connectivity index is 1.02. The van der Waals surface area contributed by atoms with Gasteiger partial charge in [0, 0.05) is 33.8 Å². The van der Waals surface area contributed by atoms with Crippen molar-refractivity contribution < 1.29 is 0 Å². The summed E-state index contributed by atoms with van der Waals surface area (Å²) in [5.41, 5.74) is 15.0. The van der Waals surface area contributed by atoms with Gasteiger partial charge in [-0.05, 0) is 123 Å². The fraction of sp³-hybridized carbons (Fsp3) is 0.132. The zero-order chi connectivity index (χ0) is 37.6. The Bertz CT molecular complexity index is 2580. The van der Waals surface area contributed by atoms with Gasteiger partial charge >= 0.3 is 0 Å². The van der Waals surface area contributed by atoms with Crippen LogP contribution in [-0.4, -0.2) is 0 Å². The molecule has 0 aliphatic heterocycles. The summed E-state index contributed by atoms with van der Waals surface area (Å²) >= 11 is 0. The van der Waals surface area contributed by atoms with E-state index >= 15 is 0 Å². The summed E-state index contributed by atoms with van der Waals surface area (Å²) in [4.78, 5) is 4.69. The molecule has 0 saturated carbocycles. The highest BCUT2D eigenvalue weighted by atomic mass is 15.1. The average Bonchev–Trinajstić information content (AvgIpc) is 3.41. The quantitative estimate of drug-likeness (QED) is 0.155. The zero-order valence-corrected chi connectivity index (χ0v) is 32.1. The molecule has 268 valence electrons. The van der Waals surface area contributed by atoms with E-state index in [2.05, 4.69) is 232 Å². The summed E-state index contributed by atoms with van der Waals surface area (Å²) in [5.74, 6) is 0. The van der Waals surface area contributed by atoms with Gasteiger partial charge in [0.15, 0.2) is 0 Å². The largest absolute Gasteiger partial charge is 0.311 e. The lowest BCUT2D eigenvalue weighted by atomic mass is 9.82. The molecule has 55 heavy (non-hydrogen) atoms. The molecular weight excluding hydrogens is 665 g/mol. The van der Waals surface area contributed by atoms with Crippen LogP contribution in [0.4, 0.5) is 34.1 Å². The van der Waals surface area contributed by atoms with E-state index in [1.165, 1.54) is 50.6 Å². The summed E-state index contributed by atoms with van der Waals surface area (Å²) in [6.45, 7) is 9.53. The van der Waals surface area contributed by atoms with Crippen molar-refractivity contribution in [3.8, 4) is 22.3 Å². The second-order valence-corrected chi connectivity index (χ2v) is 16.2. The first-order valence-electron chi connectivity index (χ1n) is 19.4. The minimum absolute atomic E-state index is 0.174. The first-order chi connectivity index (χ1) is 26.7. The second-order valence-electron chi connectivity index (χ2n) is 16.2. The van der Waals surface area contributed by atoms with Crippen LogP contribution < -0.4 is 9.80 Å². The maximum Gasteiger partial charge on any atom is 0.0540 e. The lowest BCUT2D eigenvalue weighted by Gasteiger charge is -2.27. The molecule has 8 aromatic rings. The Morgan fingerprint density at radius 1 is 0.345 bits per heavy atom. The highest BCUT2D eigenvalue weighted by Crippen LogP contribution is 2.50. The molecule has 0 saturated heterocycles. The normalized spacial score (nSPS) is 14.0. The lowest BCUT2D eigenvalue weighted by molar-refractivity contribution is 0.403. The van der Waals surface area contributed by atoms with Crippen molar-refractivity contribution in [2.75, 3.05) is 9.80 Å². The first kappa shape index (κ1) is 34.4.